The number of amides is 1. The molecule has 1 amide bonds. The Hall–Kier alpha value is -4.45. The highest BCUT2D eigenvalue weighted by atomic mass is 16.2. The molecular weight excluding hydrogens is 382 g/mol. The van der Waals surface area contributed by atoms with Crippen molar-refractivity contribution in [2.45, 2.75) is 6.92 Å². The van der Waals surface area contributed by atoms with Crippen LogP contribution in [0.5, 0.6) is 0 Å². The zero-order chi connectivity index (χ0) is 21.5. The van der Waals surface area contributed by atoms with E-state index < -0.39 is 11.6 Å². The Balaban J connectivity index is 1.76. The van der Waals surface area contributed by atoms with Gasteiger partial charge in [-0.2, -0.15) is 15.5 Å². The third-order valence-corrected chi connectivity index (χ3v) is 4.35. The zero-order valence-electron chi connectivity index (χ0n) is 16.4. The van der Waals surface area contributed by atoms with E-state index in [0.29, 0.717) is 22.6 Å². The first-order chi connectivity index (χ1) is 14.5. The standard InChI is InChI=1S/C21H19N7O2/c1-15-18(21(30)28(27(15)2)17-11-7-4-8-12-17)14-23-26-20(29)19(13-22)25-24-16-9-5-3-6-10-16/h3-12,14,24H,1-2H3,(H,26,29)/b23-14+,25-19-. The van der Waals surface area contributed by atoms with Crippen molar-refractivity contribution >= 4 is 23.5 Å². The molecule has 0 unspecified atom stereocenters. The summed E-state index contributed by atoms with van der Waals surface area (Å²) in [7, 11) is 1.76. The molecule has 3 aromatic rings. The largest absolute Gasteiger partial charge is 0.302 e. The van der Waals surface area contributed by atoms with Crippen LogP contribution in [0, 0.1) is 18.3 Å². The summed E-state index contributed by atoms with van der Waals surface area (Å²) < 4.78 is 3.21. The van der Waals surface area contributed by atoms with E-state index >= 15 is 0 Å². The molecular formula is C21H19N7O2. The molecule has 0 aliphatic rings. The normalized spacial score (nSPS) is 11.3. The molecule has 0 spiro atoms. The lowest BCUT2D eigenvalue weighted by molar-refractivity contribution is -0.114. The molecule has 150 valence electrons. The molecule has 9 nitrogen and oxygen atoms in total. The van der Waals surface area contributed by atoms with E-state index in [1.165, 1.54) is 10.9 Å². The lowest BCUT2D eigenvalue weighted by Crippen LogP contribution is -2.27. The van der Waals surface area contributed by atoms with Crippen molar-refractivity contribution in [3.8, 4) is 11.8 Å². The number of rotatable bonds is 6. The quantitative estimate of drug-likeness (QED) is 0.485. The van der Waals surface area contributed by atoms with E-state index in [4.69, 9.17) is 5.26 Å². The lowest BCUT2D eigenvalue weighted by atomic mass is 10.3. The van der Waals surface area contributed by atoms with Gasteiger partial charge in [0.25, 0.3) is 5.56 Å². The highest BCUT2D eigenvalue weighted by Gasteiger charge is 2.15. The molecule has 1 aromatic heterocycles. The van der Waals surface area contributed by atoms with E-state index in [-0.39, 0.29) is 5.56 Å². The summed E-state index contributed by atoms with van der Waals surface area (Å²) in [6.07, 6.45) is 1.26. The number of hydrogen-bond acceptors (Lipinski definition) is 6. The van der Waals surface area contributed by atoms with Gasteiger partial charge >= 0.3 is 5.91 Å². The van der Waals surface area contributed by atoms with E-state index in [0.717, 1.165) is 0 Å². The van der Waals surface area contributed by atoms with Gasteiger partial charge in [0, 0.05) is 12.7 Å². The number of carbonyl (C=O) groups excluding carboxylic acids is 1. The topological polar surface area (TPSA) is 117 Å². The predicted molar refractivity (Wildman–Crippen MR) is 115 cm³/mol. The Kier molecular flexibility index (Phi) is 6.20. The summed E-state index contributed by atoms with van der Waals surface area (Å²) in [5.74, 6) is -0.797. The second-order valence-electron chi connectivity index (χ2n) is 6.22. The van der Waals surface area contributed by atoms with Crippen LogP contribution in [-0.4, -0.2) is 27.2 Å². The minimum atomic E-state index is -0.797. The molecule has 0 saturated heterocycles. The number of nitrogens with one attached hydrogen (secondary N) is 2. The first kappa shape index (κ1) is 20.3. The van der Waals surface area contributed by atoms with Crippen molar-refractivity contribution in [3.05, 3.63) is 82.3 Å². The fourth-order valence-electron chi connectivity index (χ4n) is 2.71. The maximum Gasteiger partial charge on any atom is 0.302 e. The summed E-state index contributed by atoms with van der Waals surface area (Å²) in [5, 5.41) is 16.8. The molecule has 0 radical (unpaired) electrons. The van der Waals surface area contributed by atoms with Gasteiger partial charge in [-0.05, 0) is 31.2 Å². The van der Waals surface area contributed by atoms with Crippen molar-refractivity contribution in [1.29, 1.82) is 5.26 Å². The maximum atomic E-state index is 12.8. The zero-order valence-corrected chi connectivity index (χ0v) is 16.4. The fraction of sp³-hybridized carbons (Fsp3) is 0.0952. The Bertz CT molecular complexity index is 1200. The van der Waals surface area contributed by atoms with E-state index in [1.807, 2.05) is 36.4 Å². The molecule has 2 N–H and O–H groups in total. The number of benzene rings is 2. The summed E-state index contributed by atoms with van der Waals surface area (Å²) in [6.45, 7) is 1.77. The third-order valence-electron chi connectivity index (χ3n) is 4.35. The average molecular weight is 401 g/mol. The Morgan fingerprint density at radius 1 is 1.10 bits per heavy atom. The Morgan fingerprint density at radius 2 is 1.73 bits per heavy atom. The number of hydrogen-bond donors (Lipinski definition) is 2. The number of carbonyl (C=O) groups is 1. The fourth-order valence-corrected chi connectivity index (χ4v) is 2.71. The molecule has 3 rings (SSSR count). The van der Waals surface area contributed by atoms with Gasteiger partial charge in [0.15, 0.2) is 0 Å². The monoisotopic (exact) mass is 401 g/mol. The van der Waals surface area contributed by atoms with E-state index in [2.05, 4.69) is 21.1 Å². The van der Waals surface area contributed by atoms with Crippen LogP contribution >= 0.6 is 0 Å². The summed E-state index contributed by atoms with van der Waals surface area (Å²) in [4.78, 5) is 24.9. The van der Waals surface area contributed by atoms with E-state index in [9.17, 15) is 9.59 Å². The summed E-state index contributed by atoms with van der Waals surface area (Å²) in [5.41, 5.74) is 6.50. The van der Waals surface area contributed by atoms with Crippen LogP contribution in [0.4, 0.5) is 5.69 Å². The van der Waals surface area contributed by atoms with Crippen molar-refractivity contribution in [2.75, 3.05) is 5.43 Å². The van der Waals surface area contributed by atoms with Crippen LogP contribution in [-0.2, 0) is 11.8 Å². The summed E-state index contributed by atoms with van der Waals surface area (Å²) in [6, 6.07) is 19.8. The third kappa shape index (κ3) is 4.34. The Labute approximate surface area is 172 Å². The predicted octanol–water partition coefficient (Wildman–Crippen LogP) is 1.93. The SMILES string of the molecule is Cc1c(/C=N/NC(=O)/C(C#N)=N\Nc2ccccc2)c(=O)n(-c2ccccc2)n1C. The number of para-hydroxylation sites is 2. The van der Waals surface area contributed by atoms with Gasteiger partial charge in [-0.15, -0.1) is 0 Å². The summed E-state index contributed by atoms with van der Waals surface area (Å²) >= 11 is 0. The molecule has 0 fully saturated rings. The van der Waals surface area contributed by atoms with Crippen LogP contribution in [0.3, 0.4) is 0 Å². The van der Waals surface area contributed by atoms with Gasteiger partial charge in [0.1, 0.15) is 6.07 Å². The van der Waals surface area contributed by atoms with Crippen LogP contribution in [0.1, 0.15) is 11.3 Å². The minimum Gasteiger partial charge on any atom is -0.285 e. The van der Waals surface area contributed by atoms with Crippen LogP contribution in [0.2, 0.25) is 0 Å². The van der Waals surface area contributed by atoms with Gasteiger partial charge < -0.3 is 0 Å². The molecule has 0 aliphatic carbocycles. The van der Waals surface area contributed by atoms with Crippen molar-refractivity contribution in [2.24, 2.45) is 17.3 Å². The van der Waals surface area contributed by atoms with Crippen molar-refractivity contribution < 1.29 is 4.79 Å². The Morgan fingerprint density at radius 3 is 2.37 bits per heavy atom. The molecule has 0 bridgehead atoms. The van der Waals surface area contributed by atoms with Gasteiger partial charge in [0.05, 0.1) is 23.2 Å². The highest BCUT2D eigenvalue weighted by molar-refractivity contribution is 6.45. The number of hydrazone groups is 2. The van der Waals surface area contributed by atoms with Gasteiger partial charge in [-0.25, -0.2) is 10.1 Å². The maximum absolute atomic E-state index is 12.8. The number of anilines is 1. The minimum absolute atomic E-state index is 0.279. The first-order valence-electron chi connectivity index (χ1n) is 8.99. The molecule has 30 heavy (non-hydrogen) atoms. The van der Waals surface area contributed by atoms with Crippen LogP contribution in [0.25, 0.3) is 5.69 Å². The average Bonchev–Trinajstić information content (AvgIpc) is 2.98. The smallest absolute Gasteiger partial charge is 0.285 e. The van der Waals surface area contributed by atoms with Crippen LogP contribution < -0.4 is 16.4 Å². The molecule has 2 aromatic carbocycles. The van der Waals surface area contributed by atoms with Crippen molar-refractivity contribution in [1.82, 2.24) is 14.8 Å². The van der Waals surface area contributed by atoms with Gasteiger partial charge in [-0.3, -0.25) is 19.7 Å². The number of aromatic nitrogens is 2. The molecule has 0 atom stereocenters. The second-order valence-corrected chi connectivity index (χ2v) is 6.22. The number of nitrogens with zero attached hydrogens (tertiary/aromatic N) is 5. The molecule has 1 heterocycles. The highest BCUT2D eigenvalue weighted by Crippen LogP contribution is 2.08. The lowest BCUT2D eigenvalue weighted by Gasteiger charge is -2.07. The van der Waals surface area contributed by atoms with Crippen LogP contribution in [0.15, 0.2) is 75.7 Å². The molecule has 0 aliphatic heterocycles. The second kappa shape index (κ2) is 9.16. The number of nitriles is 1. The first-order valence-corrected chi connectivity index (χ1v) is 8.99. The van der Waals surface area contributed by atoms with Gasteiger partial charge in [0.2, 0.25) is 5.71 Å². The van der Waals surface area contributed by atoms with E-state index in [1.54, 1.807) is 49.0 Å². The van der Waals surface area contributed by atoms with Gasteiger partial charge in [-0.1, -0.05) is 36.4 Å². The molecule has 0 saturated carbocycles. The molecule has 9 heteroatoms. The van der Waals surface area contributed by atoms with Crippen molar-refractivity contribution in [3.63, 3.8) is 0 Å².